The second kappa shape index (κ2) is 6.89. The van der Waals surface area contributed by atoms with Gasteiger partial charge in [-0.05, 0) is 42.9 Å². The number of halogens is 1. The van der Waals surface area contributed by atoms with Gasteiger partial charge in [-0.1, -0.05) is 38.3 Å². The van der Waals surface area contributed by atoms with Crippen LogP contribution in [0, 0.1) is 11.7 Å². The molecule has 0 spiro atoms. The van der Waals surface area contributed by atoms with E-state index in [9.17, 15) is 4.39 Å². The Hall–Kier alpha value is -0.890. The third-order valence-electron chi connectivity index (χ3n) is 4.12. The number of nitrogens with one attached hydrogen (secondary N) is 1. The highest BCUT2D eigenvalue weighted by Crippen LogP contribution is 2.27. The maximum Gasteiger partial charge on any atom is 0.123 e. The molecule has 1 fully saturated rings. The summed E-state index contributed by atoms with van der Waals surface area (Å²) in [6.45, 7) is 3.03. The van der Waals surface area contributed by atoms with E-state index in [2.05, 4.69) is 12.2 Å². The molecule has 0 bridgehead atoms. The fraction of sp³-hybridized carbons (Fsp3) is 0.625. The van der Waals surface area contributed by atoms with Gasteiger partial charge in [0.1, 0.15) is 5.82 Å². The normalized spacial score (nSPS) is 18.8. The van der Waals surface area contributed by atoms with E-state index < -0.39 is 0 Å². The number of hydrogen-bond acceptors (Lipinski definition) is 1. The van der Waals surface area contributed by atoms with Gasteiger partial charge in [0.2, 0.25) is 0 Å². The second-order valence-corrected chi connectivity index (χ2v) is 5.42. The van der Waals surface area contributed by atoms with Crippen LogP contribution < -0.4 is 5.32 Å². The zero-order valence-electron chi connectivity index (χ0n) is 11.3. The molecule has 1 unspecified atom stereocenters. The Morgan fingerprint density at radius 3 is 2.72 bits per heavy atom. The van der Waals surface area contributed by atoms with Crippen molar-refractivity contribution >= 4 is 0 Å². The van der Waals surface area contributed by atoms with Gasteiger partial charge in [-0.3, -0.25) is 0 Å². The van der Waals surface area contributed by atoms with E-state index in [4.69, 9.17) is 0 Å². The summed E-state index contributed by atoms with van der Waals surface area (Å²) < 4.78 is 13.1. The van der Waals surface area contributed by atoms with Gasteiger partial charge in [0.15, 0.2) is 0 Å². The Morgan fingerprint density at radius 1 is 1.28 bits per heavy atom. The van der Waals surface area contributed by atoms with Crippen LogP contribution in [0.5, 0.6) is 0 Å². The summed E-state index contributed by atoms with van der Waals surface area (Å²) in [6.07, 6.45) is 8.03. The SMILES string of the molecule is CCC(NCc1cccc(F)c1)C1CCCCC1. The van der Waals surface area contributed by atoms with E-state index in [1.165, 1.54) is 44.6 Å². The molecule has 1 aromatic carbocycles. The predicted molar refractivity (Wildman–Crippen MR) is 73.9 cm³/mol. The highest BCUT2D eigenvalue weighted by Gasteiger charge is 2.21. The molecular weight excluding hydrogens is 225 g/mol. The third kappa shape index (κ3) is 3.81. The Morgan fingerprint density at radius 2 is 2.06 bits per heavy atom. The molecule has 1 aromatic rings. The molecule has 0 aromatic heterocycles. The van der Waals surface area contributed by atoms with Crippen molar-refractivity contribution in [1.29, 1.82) is 0 Å². The van der Waals surface area contributed by atoms with Crippen LogP contribution in [0.2, 0.25) is 0 Å². The minimum atomic E-state index is -0.139. The molecule has 0 saturated heterocycles. The predicted octanol–water partition coefficient (Wildman–Crippen LogP) is 4.27. The molecule has 1 nitrogen and oxygen atoms in total. The molecule has 18 heavy (non-hydrogen) atoms. The first-order valence-electron chi connectivity index (χ1n) is 7.27. The van der Waals surface area contributed by atoms with Crippen molar-refractivity contribution in [1.82, 2.24) is 5.32 Å². The molecule has 0 radical (unpaired) electrons. The summed E-state index contributed by atoms with van der Waals surface area (Å²) in [6, 6.07) is 7.49. The summed E-state index contributed by atoms with van der Waals surface area (Å²) >= 11 is 0. The van der Waals surface area contributed by atoms with Crippen LogP contribution in [-0.4, -0.2) is 6.04 Å². The smallest absolute Gasteiger partial charge is 0.123 e. The molecule has 2 heteroatoms. The van der Waals surface area contributed by atoms with E-state index >= 15 is 0 Å². The van der Waals surface area contributed by atoms with Crippen molar-refractivity contribution in [3.63, 3.8) is 0 Å². The third-order valence-corrected chi connectivity index (χ3v) is 4.12. The lowest BCUT2D eigenvalue weighted by molar-refractivity contribution is 0.261. The van der Waals surface area contributed by atoms with Crippen LogP contribution in [-0.2, 0) is 6.54 Å². The minimum Gasteiger partial charge on any atom is -0.310 e. The monoisotopic (exact) mass is 249 g/mol. The minimum absolute atomic E-state index is 0.139. The second-order valence-electron chi connectivity index (χ2n) is 5.42. The van der Waals surface area contributed by atoms with Crippen molar-refractivity contribution < 1.29 is 4.39 Å². The number of rotatable bonds is 5. The van der Waals surface area contributed by atoms with Gasteiger partial charge in [0, 0.05) is 12.6 Å². The number of hydrogen-bond donors (Lipinski definition) is 1. The first-order valence-corrected chi connectivity index (χ1v) is 7.27. The van der Waals surface area contributed by atoms with E-state index in [-0.39, 0.29) is 5.82 Å². The van der Waals surface area contributed by atoms with Gasteiger partial charge in [-0.2, -0.15) is 0 Å². The molecule has 2 rings (SSSR count). The molecule has 1 N–H and O–H groups in total. The van der Waals surface area contributed by atoms with E-state index in [0.717, 1.165) is 18.0 Å². The maximum absolute atomic E-state index is 13.1. The topological polar surface area (TPSA) is 12.0 Å². The van der Waals surface area contributed by atoms with Gasteiger partial charge in [0.25, 0.3) is 0 Å². The first-order chi connectivity index (χ1) is 8.79. The summed E-state index contributed by atoms with van der Waals surface area (Å²) in [4.78, 5) is 0. The van der Waals surface area contributed by atoms with Gasteiger partial charge < -0.3 is 5.32 Å². The summed E-state index contributed by atoms with van der Waals surface area (Å²) in [7, 11) is 0. The molecule has 1 aliphatic rings. The lowest BCUT2D eigenvalue weighted by atomic mass is 9.83. The lowest BCUT2D eigenvalue weighted by Crippen LogP contribution is -2.36. The fourth-order valence-electron chi connectivity index (χ4n) is 3.08. The number of benzene rings is 1. The fourth-order valence-corrected chi connectivity index (χ4v) is 3.08. The van der Waals surface area contributed by atoms with Crippen molar-refractivity contribution in [3.05, 3.63) is 35.6 Å². The highest BCUT2D eigenvalue weighted by atomic mass is 19.1. The van der Waals surface area contributed by atoms with Crippen LogP contribution in [0.15, 0.2) is 24.3 Å². The lowest BCUT2D eigenvalue weighted by Gasteiger charge is -2.30. The van der Waals surface area contributed by atoms with Gasteiger partial charge in [-0.15, -0.1) is 0 Å². The molecule has 0 aliphatic heterocycles. The largest absolute Gasteiger partial charge is 0.310 e. The van der Waals surface area contributed by atoms with Gasteiger partial charge in [-0.25, -0.2) is 4.39 Å². The average Bonchev–Trinajstić information content (AvgIpc) is 2.41. The van der Waals surface area contributed by atoms with E-state index in [1.807, 2.05) is 6.07 Å². The van der Waals surface area contributed by atoms with Crippen LogP contribution >= 0.6 is 0 Å². The highest BCUT2D eigenvalue weighted by molar-refractivity contribution is 5.16. The van der Waals surface area contributed by atoms with Crippen molar-refractivity contribution in [2.75, 3.05) is 0 Å². The Balaban J connectivity index is 1.86. The van der Waals surface area contributed by atoms with Gasteiger partial charge >= 0.3 is 0 Å². The van der Waals surface area contributed by atoms with Crippen LogP contribution in [0.3, 0.4) is 0 Å². The molecule has 1 saturated carbocycles. The van der Waals surface area contributed by atoms with E-state index in [0.29, 0.717) is 6.04 Å². The average molecular weight is 249 g/mol. The van der Waals surface area contributed by atoms with Crippen LogP contribution in [0.4, 0.5) is 4.39 Å². The molecule has 0 heterocycles. The molecule has 1 atom stereocenters. The van der Waals surface area contributed by atoms with E-state index in [1.54, 1.807) is 12.1 Å². The summed E-state index contributed by atoms with van der Waals surface area (Å²) in [5.74, 6) is 0.678. The zero-order chi connectivity index (χ0) is 12.8. The molecule has 100 valence electrons. The van der Waals surface area contributed by atoms with Crippen LogP contribution in [0.25, 0.3) is 0 Å². The Labute approximate surface area is 110 Å². The summed E-state index contributed by atoms with van der Waals surface area (Å²) in [5, 5.41) is 3.62. The van der Waals surface area contributed by atoms with Gasteiger partial charge in [0.05, 0.1) is 0 Å². The van der Waals surface area contributed by atoms with Crippen molar-refractivity contribution in [3.8, 4) is 0 Å². The van der Waals surface area contributed by atoms with Crippen molar-refractivity contribution in [2.24, 2.45) is 5.92 Å². The quantitative estimate of drug-likeness (QED) is 0.821. The molecule has 0 amide bonds. The molecular formula is C16H24FN. The first kappa shape index (κ1) is 13.5. The standard InChI is InChI=1S/C16H24FN/c1-2-16(14-8-4-3-5-9-14)18-12-13-7-6-10-15(17)11-13/h6-7,10-11,14,16,18H,2-5,8-9,12H2,1H3. The Bertz CT molecular complexity index is 358. The zero-order valence-corrected chi connectivity index (χ0v) is 11.3. The summed E-state index contributed by atoms with van der Waals surface area (Å²) in [5.41, 5.74) is 1.05. The van der Waals surface area contributed by atoms with Crippen molar-refractivity contribution in [2.45, 2.75) is 58.0 Å². The maximum atomic E-state index is 13.1. The Kier molecular flexibility index (Phi) is 5.18. The molecule has 1 aliphatic carbocycles. The van der Waals surface area contributed by atoms with Crippen LogP contribution in [0.1, 0.15) is 51.0 Å².